The molecule has 26 heavy (non-hydrogen) atoms. The molecule has 1 heterocycles. The molecular formula is C20H22N4OS. The van der Waals surface area contributed by atoms with Gasteiger partial charge in [0.25, 0.3) is 5.91 Å². The highest BCUT2D eigenvalue weighted by atomic mass is 32.1. The van der Waals surface area contributed by atoms with E-state index in [0.717, 1.165) is 22.6 Å². The lowest BCUT2D eigenvalue weighted by Crippen LogP contribution is -2.30. The Hall–Kier alpha value is -2.86. The van der Waals surface area contributed by atoms with Crippen molar-refractivity contribution in [2.24, 2.45) is 0 Å². The van der Waals surface area contributed by atoms with E-state index in [1.807, 2.05) is 92.6 Å². The lowest BCUT2D eigenvalue weighted by molar-refractivity contribution is -0.113. The van der Waals surface area contributed by atoms with E-state index in [2.05, 4.69) is 5.32 Å². The lowest BCUT2D eigenvalue weighted by atomic mass is 10.1. The van der Waals surface area contributed by atoms with Gasteiger partial charge in [0.15, 0.2) is 5.11 Å². The molecule has 1 aliphatic rings. The van der Waals surface area contributed by atoms with Crippen molar-refractivity contribution < 1.29 is 4.79 Å². The van der Waals surface area contributed by atoms with Crippen molar-refractivity contribution in [2.75, 3.05) is 42.9 Å². The second-order valence-electron chi connectivity index (χ2n) is 6.53. The summed E-state index contributed by atoms with van der Waals surface area (Å²) in [5, 5.41) is 3.42. The molecule has 1 aliphatic heterocycles. The van der Waals surface area contributed by atoms with Crippen molar-refractivity contribution in [3.63, 3.8) is 0 Å². The largest absolute Gasteiger partial charge is 0.378 e. The van der Waals surface area contributed by atoms with Crippen LogP contribution in [0.3, 0.4) is 0 Å². The normalized spacial score (nSPS) is 15.4. The van der Waals surface area contributed by atoms with Gasteiger partial charge < -0.3 is 15.1 Å². The quantitative estimate of drug-likeness (QED) is 0.665. The summed E-state index contributed by atoms with van der Waals surface area (Å²) in [6.07, 6.45) is 1.82. The van der Waals surface area contributed by atoms with Crippen LogP contribution in [0.2, 0.25) is 0 Å². The van der Waals surface area contributed by atoms with Crippen molar-refractivity contribution >= 4 is 46.4 Å². The van der Waals surface area contributed by atoms with E-state index >= 15 is 0 Å². The number of hydrogen-bond acceptors (Lipinski definition) is 4. The second-order valence-corrected chi connectivity index (χ2v) is 6.91. The van der Waals surface area contributed by atoms with Crippen LogP contribution in [0.5, 0.6) is 0 Å². The van der Waals surface area contributed by atoms with E-state index < -0.39 is 0 Å². The van der Waals surface area contributed by atoms with E-state index in [-0.39, 0.29) is 5.91 Å². The topological polar surface area (TPSA) is 38.8 Å². The molecule has 1 fully saturated rings. The number of hydrogen-bond donors (Lipinski definition) is 1. The maximum absolute atomic E-state index is 12.8. The van der Waals surface area contributed by atoms with E-state index in [1.165, 1.54) is 4.90 Å². The van der Waals surface area contributed by atoms with Crippen LogP contribution < -0.4 is 20.0 Å². The standard InChI is InChI=1S/C20H22N4OS/c1-22(2)15-7-5-14(6-8-15)13-18-19(25)24(20(26)21-18)17-11-9-16(10-12-17)23(3)4/h5-13H,1-4H3,(H,21,26)/b18-13-. The zero-order chi connectivity index (χ0) is 18.8. The molecular weight excluding hydrogens is 344 g/mol. The first-order valence-electron chi connectivity index (χ1n) is 8.29. The molecule has 1 saturated heterocycles. The molecule has 0 saturated carbocycles. The van der Waals surface area contributed by atoms with Gasteiger partial charge in [0.1, 0.15) is 5.70 Å². The molecule has 0 radical (unpaired) electrons. The van der Waals surface area contributed by atoms with Crippen molar-refractivity contribution in [3.8, 4) is 0 Å². The molecule has 0 aromatic heterocycles. The number of amides is 1. The number of benzene rings is 2. The Morgan fingerprint density at radius 1 is 0.885 bits per heavy atom. The van der Waals surface area contributed by atoms with Crippen LogP contribution in [0.15, 0.2) is 54.2 Å². The average molecular weight is 366 g/mol. The minimum absolute atomic E-state index is 0.149. The first kappa shape index (κ1) is 17.9. The van der Waals surface area contributed by atoms with E-state index in [4.69, 9.17) is 12.2 Å². The maximum atomic E-state index is 12.8. The fourth-order valence-electron chi connectivity index (χ4n) is 2.70. The third-order valence-corrected chi connectivity index (χ3v) is 4.51. The van der Waals surface area contributed by atoms with Gasteiger partial charge in [-0.25, -0.2) is 0 Å². The monoisotopic (exact) mass is 366 g/mol. The highest BCUT2D eigenvalue weighted by Crippen LogP contribution is 2.25. The number of carbonyl (C=O) groups excluding carboxylic acids is 1. The maximum Gasteiger partial charge on any atom is 0.281 e. The lowest BCUT2D eigenvalue weighted by Gasteiger charge is -2.17. The number of thiocarbonyl (C=S) groups is 1. The second kappa shape index (κ2) is 7.17. The molecule has 0 aliphatic carbocycles. The van der Waals surface area contributed by atoms with Crippen molar-refractivity contribution in [1.82, 2.24) is 5.32 Å². The Balaban J connectivity index is 1.84. The Bertz CT molecular complexity index is 854. The Kier molecular flexibility index (Phi) is 4.95. The predicted octanol–water partition coefficient (Wildman–Crippen LogP) is 3.08. The highest BCUT2D eigenvalue weighted by molar-refractivity contribution is 7.80. The number of rotatable bonds is 4. The Morgan fingerprint density at radius 3 is 1.88 bits per heavy atom. The molecule has 1 amide bonds. The van der Waals surface area contributed by atoms with E-state index in [0.29, 0.717) is 10.8 Å². The molecule has 3 rings (SSSR count). The van der Waals surface area contributed by atoms with Crippen LogP contribution in [0.25, 0.3) is 6.08 Å². The molecule has 6 heteroatoms. The van der Waals surface area contributed by atoms with Gasteiger partial charge in [-0.1, -0.05) is 12.1 Å². The van der Waals surface area contributed by atoms with Gasteiger partial charge in [0.05, 0.1) is 5.69 Å². The summed E-state index contributed by atoms with van der Waals surface area (Å²) < 4.78 is 0. The molecule has 5 nitrogen and oxygen atoms in total. The molecule has 1 N–H and O–H groups in total. The van der Waals surface area contributed by atoms with Gasteiger partial charge in [0, 0.05) is 39.6 Å². The van der Waals surface area contributed by atoms with Crippen molar-refractivity contribution in [1.29, 1.82) is 0 Å². The van der Waals surface area contributed by atoms with Gasteiger partial charge in [-0.3, -0.25) is 9.69 Å². The summed E-state index contributed by atoms with van der Waals surface area (Å²) in [5.74, 6) is -0.149. The van der Waals surface area contributed by atoms with Gasteiger partial charge in [0.2, 0.25) is 0 Å². The predicted molar refractivity (Wildman–Crippen MR) is 113 cm³/mol. The fourth-order valence-corrected chi connectivity index (χ4v) is 3.00. The third-order valence-electron chi connectivity index (χ3n) is 4.22. The summed E-state index contributed by atoms with van der Waals surface area (Å²) in [6.45, 7) is 0. The summed E-state index contributed by atoms with van der Waals surface area (Å²) in [6, 6.07) is 15.7. The zero-order valence-corrected chi connectivity index (χ0v) is 16.2. The van der Waals surface area contributed by atoms with E-state index in [9.17, 15) is 4.79 Å². The molecule has 134 valence electrons. The molecule has 2 aromatic carbocycles. The van der Waals surface area contributed by atoms with Gasteiger partial charge in [-0.05, 0) is 60.3 Å². The van der Waals surface area contributed by atoms with Crippen LogP contribution >= 0.6 is 12.2 Å². The summed E-state index contributed by atoms with van der Waals surface area (Å²) in [7, 11) is 7.94. The third kappa shape index (κ3) is 3.55. The highest BCUT2D eigenvalue weighted by Gasteiger charge is 2.31. The van der Waals surface area contributed by atoms with Crippen LogP contribution in [-0.4, -0.2) is 39.2 Å². The first-order valence-corrected chi connectivity index (χ1v) is 8.69. The number of carbonyl (C=O) groups is 1. The minimum Gasteiger partial charge on any atom is -0.378 e. The van der Waals surface area contributed by atoms with E-state index in [1.54, 1.807) is 0 Å². The van der Waals surface area contributed by atoms with Crippen molar-refractivity contribution in [2.45, 2.75) is 0 Å². The van der Waals surface area contributed by atoms with Crippen LogP contribution in [0.1, 0.15) is 5.56 Å². The summed E-state index contributed by atoms with van der Waals surface area (Å²) in [4.78, 5) is 18.4. The van der Waals surface area contributed by atoms with Gasteiger partial charge in [-0.15, -0.1) is 0 Å². The zero-order valence-electron chi connectivity index (χ0n) is 15.4. The Morgan fingerprint density at radius 2 is 1.38 bits per heavy atom. The summed E-state index contributed by atoms with van der Waals surface area (Å²) in [5.41, 5.74) is 4.35. The van der Waals surface area contributed by atoms with Crippen LogP contribution in [0.4, 0.5) is 17.1 Å². The number of nitrogens with one attached hydrogen (secondary N) is 1. The number of anilines is 3. The van der Waals surface area contributed by atoms with Crippen LogP contribution in [0, 0.1) is 0 Å². The molecule has 0 spiro atoms. The molecule has 0 bridgehead atoms. The van der Waals surface area contributed by atoms with Gasteiger partial charge >= 0.3 is 0 Å². The molecule has 0 atom stereocenters. The first-order chi connectivity index (χ1) is 12.4. The fraction of sp³-hybridized carbons (Fsp3) is 0.200. The Labute approximate surface area is 159 Å². The van der Waals surface area contributed by atoms with Gasteiger partial charge in [-0.2, -0.15) is 0 Å². The minimum atomic E-state index is -0.149. The van der Waals surface area contributed by atoms with Crippen molar-refractivity contribution in [3.05, 3.63) is 59.8 Å². The SMILES string of the molecule is CN(C)c1ccc(/C=C2\NC(=S)N(c3ccc(N(C)C)cc3)C2=O)cc1. The molecule has 0 unspecified atom stereocenters. The van der Waals surface area contributed by atoms with Crippen LogP contribution in [-0.2, 0) is 4.79 Å². The smallest absolute Gasteiger partial charge is 0.281 e. The average Bonchev–Trinajstić information content (AvgIpc) is 2.89. The summed E-state index contributed by atoms with van der Waals surface area (Å²) >= 11 is 5.37. The number of nitrogens with zero attached hydrogens (tertiary/aromatic N) is 3. The molecule has 2 aromatic rings.